The highest BCUT2D eigenvalue weighted by molar-refractivity contribution is 7.84. The van der Waals surface area contributed by atoms with Crippen molar-refractivity contribution in [3.63, 3.8) is 0 Å². The van der Waals surface area contributed by atoms with Crippen molar-refractivity contribution < 1.29 is 13.7 Å². The molecule has 0 aromatic rings. The van der Waals surface area contributed by atoms with Crippen LogP contribution >= 0.6 is 0 Å². The smallest absolute Gasteiger partial charge is 0.178 e. The van der Waals surface area contributed by atoms with Gasteiger partial charge in [-0.05, 0) is 25.7 Å². The number of nitrogens with two attached hydrogens (primary N) is 1. The van der Waals surface area contributed by atoms with Crippen LogP contribution in [0.15, 0.2) is 0 Å². The molecule has 3 atom stereocenters. The number of hydrogen-bond acceptors (Lipinski definition) is 4. The van der Waals surface area contributed by atoms with Gasteiger partial charge in [0.2, 0.25) is 0 Å². The van der Waals surface area contributed by atoms with Gasteiger partial charge in [-0.2, -0.15) is 0 Å². The Morgan fingerprint density at radius 1 is 1.60 bits per heavy atom. The van der Waals surface area contributed by atoms with Gasteiger partial charge in [0.15, 0.2) is 5.78 Å². The minimum Gasteiger partial charge on any atom is -0.370 e. The van der Waals surface area contributed by atoms with Gasteiger partial charge in [0.1, 0.15) is 6.10 Å². The third kappa shape index (κ3) is 4.40. The fourth-order valence-corrected chi connectivity index (χ4v) is 2.22. The second kappa shape index (κ2) is 6.35. The Labute approximate surface area is 93.0 Å². The summed E-state index contributed by atoms with van der Waals surface area (Å²) in [5.41, 5.74) is 5.73. The fraction of sp³-hybridized carbons (Fsp3) is 0.900. The Bertz CT molecular complexity index is 239. The van der Waals surface area contributed by atoms with E-state index in [1.807, 2.05) is 0 Å². The molecular formula is C10H19NO3S. The van der Waals surface area contributed by atoms with Gasteiger partial charge in [-0.1, -0.05) is 0 Å². The van der Waals surface area contributed by atoms with Crippen molar-refractivity contribution in [1.29, 1.82) is 0 Å². The maximum Gasteiger partial charge on any atom is 0.178 e. The van der Waals surface area contributed by atoms with E-state index in [0.717, 1.165) is 19.3 Å². The first-order valence-electron chi connectivity index (χ1n) is 5.32. The van der Waals surface area contributed by atoms with Crippen LogP contribution in [0.5, 0.6) is 0 Å². The lowest BCUT2D eigenvalue weighted by Gasteiger charge is -2.23. The Kier molecular flexibility index (Phi) is 5.42. The largest absolute Gasteiger partial charge is 0.370 e. The molecule has 0 aliphatic carbocycles. The Balaban J connectivity index is 2.33. The van der Waals surface area contributed by atoms with E-state index in [0.29, 0.717) is 18.8 Å². The number of hydrogen-bond donors (Lipinski definition) is 1. The van der Waals surface area contributed by atoms with Crippen molar-refractivity contribution in [1.82, 2.24) is 0 Å². The van der Waals surface area contributed by atoms with Crippen LogP contribution in [-0.2, 0) is 20.3 Å². The maximum absolute atomic E-state index is 11.8. The monoisotopic (exact) mass is 233 g/mol. The average molecular weight is 233 g/mol. The molecule has 15 heavy (non-hydrogen) atoms. The molecule has 0 spiro atoms. The van der Waals surface area contributed by atoms with E-state index in [1.165, 1.54) is 0 Å². The van der Waals surface area contributed by atoms with E-state index >= 15 is 0 Å². The summed E-state index contributed by atoms with van der Waals surface area (Å²) >= 11 is 0. The third-order valence-electron chi connectivity index (χ3n) is 2.58. The third-order valence-corrected chi connectivity index (χ3v) is 3.39. The summed E-state index contributed by atoms with van der Waals surface area (Å²) in [5, 5.41) is 0. The maximum atomic E-state index is 11.8. The summed E-state index contributed by atoms with van der Waals surface area (Å²) < 4.78 is 16.2. The topological polar surface area (TPSA) is 69.4 Å². The van der Waals surface area contributed by atoms with Crippen LogP contribution < -0.4 is 5.73 Å². The van der Waals surface area contributed by atoms with Gasteiger partial charge in [0, 0.05) is 29.4 Å². The molecule has 1 aliphatic rings. The minimum absolute atomic E-state index is 0.0276. The van der Waals surface area contributed by atoms with Crippen LogP contribution in [0.3, 0.4) is 0 Å². The molecule has 1 saturated heterocycles. The molecular weight excluding hydrogens is 214 g/mol. The molecule has 2 N–H and O–H groups in total. The number of rotatable bonds is 5. The number of carbonyl (C=O) groups excluding carboxylic acids is 1. The fourth-order valence-electron chi connectivity index (χ4n) is 1.64. The molecule has 0 radical (unpaired) electrons. The first-order chi connectivity index (χ1) is 7.11. The van der Waals surface area contributed by atoms with Crippen LogP contribution in [0, 0.1) is 0 Å². The minimum atomic E-state index is -0.881. The first kappa shape index (κ1) is 12.8. The van der Waals surface area contributed by atoms with Crippen molar-refractivity contribution in [3.05, 3.63) is 0 Å². The van der Waals surface area contributed by atoms with Crippen molar-refractivity contribution in [2.45, 2.75) is 37.8 Å². The predicted octanol–water partition coefficient (Wildman–Crippen LogP) is 0.220. The van der Waals surface area contributed by atoms with E-state index in [-0.39, 0.29) is 11.9 Å². The summed E-state index contributed by atoms with van der Waals surface area (Å²) in [6.45, 7) is 0.656. The van der Waals surface area contributed by atoms with Gasteiger partial charge in [-0.25, -0.2) is 0 Å². The molecule has 0 amide bonds. The summed E-state index contributed by atoms with van der Waals surface area (Å²) in [6, 6.07) is -0.517. The van der Waals surface area contributed by atoms with Crippen molar-refractivity contribution in [3.8, 4) is 0 Å². The van der Waals surface area contributed by atoms with Crippen molar-refractivity contribution >= 4 is 16.6 Å². The van der Waals surface area contributed by atoms with Crippen LogP contribution in [-0.4, -0.2) is 40.8 Å². The van der Waals surface area contributed by atoms with Crippen LogP contribution in [0.25, 0.3) is 0 Å². The SMILES string of the molecule is CS(=O)CC[C@H](N)C(=O)C1CCCCO1. The molecule has 5 heteroatoms. The lowest BCUT2D eigenvalue weighted by molar-refractivity contribution is -0.134. The summed E-state index contributed by atoms with van der Waals surface area (Å²) in [7, 11) is -0.881. The Morgan fingerprint density at radius 2 is 2.33 bits per heavy atom. The molecule has 0 saturated carbocycles. The molecule has 0 aromatic heterocycles. The van der Waals surface area contributed by atoms with Crippen molar-refractivity contribution in [2.24, 2.45) is 5.73 Å². The molecule has 1 rings (SSSR count). The second-order valence-electron chi connectivity index (χ2n) is 3.93. The van der Waals surface area contributed by atoms with Gasteiger partial charge < -0.3 is 10.5 Å². The van der Waals surface area contributed by atoms with E-state index in [1.54, 1.807) is 6.26 Å². The van der Waals surface area contributed by atoms with E-state index in [2.05, 4.69) is 0 Å². The normalized spacial score (nSPS) is 25.9. The van der Waals surface area contributed by atoms with E-state index in [9.17, 15) is 9.00 Å². The lowest BCUT2D eigenvalue weighted by Crippen LogP contribution is -2.42. The van der Waals surface area contributed by atoms with E-state index in [4.69, 9.17) is 10.5 Å². The molecule has 0 aromatic carbocycles. The lowest BCUT2D eigenvalue weighted by atomic mass is 9.99. The predicted molar refractivity (Wildman–Crippen MR) is 60.1 cm³/mol. The number of Topliss-reactive ketones (excluding diaryl/α,β-unsaturated/α-hetero) is 1. The molecule has 1 fully saturated rings. The zero-order valence-corrected chi connectivity index (χ0v) is 9.92. The van der Waals surface area contributed by atoms with Gasteiger partial charge in [0.05, 0.1) is 6.04 Å². The van der Waals surface area contributed by atoms with Crippen LogP contribution in [0.4, 0.5) is 0 Å². The zero-order valence-electron chi connectivity index (χ0n) is 9.11. The molecule has 4 nitrogen and oxygen atoms in total. The Morgan fingerprint density at radius 3 is 2.87 bits per heavy atom. The summed E-state index contributed by atoms with van der Waals surface area (Å²) in [4.78, 5) is 11.8. The highest BCUT2D eigenvalue weighted by Gasteiger charge is 2.26. The van der Waals surface area contributed by atoms with Gasteiger partial charge in [0.25, 0.3) is 0 Å². The summed E-state index contributed by atoms with van der Waals surface area (Å²) in [6.07, 6.45) is 4.62. The molecule has 0 bridgehead atoms. The molecule has 1 heterocycles. The van der Waals surface area contributed by atoms with Gasteiger partial charge in [-0.15, -0.1) is 0 Å². The van der Waals surface area contributed by atoms with Crippen LogP contribution in [0.2, 0.25) is 0 Å². The van der Waals surface area contributed by atoms with Gasteiger partial charge >= 0.3 is 0 Å². The Hall–Kier alpha value is -0.260. The molecule has 88 valence electrons. The summed E-state index contributed by atoms with van der Waals surface area (Å²) in [5.74, 6) is 0.458. The van der Waals surface area contributed by atoms with E-state index < -0.39 is 16.8 Å². The zero-order chi connectivity index (χ0) is 11.3. The van der Waals surface area contributed by atoms with Gasteiger partial charge in [-0.3, -0.25) is 9.00 Å². The molecule has 1 aliphatic heterocycles. The van der Waals surface area contributed by atoms with Crippen molar-refractivity contribution in [2.75, 3.05) is 18.6 Å². The number of carbonyl (C=O) groups is 1. The second-order valence-corrected chi connectivity index (χ2v) is 5.48. The molecule has 2 unspecified atom stereocenters. The highest BCUT2D eigenvalue weighted by Crippen LogP contribution is 2.15. The highest BCUT2D eigenvalue weighted by atomic mass is 32.2. The standard InChI is InChI=1S/C10H19NO3S/c1-15(13)7-5-8(11)10(12)9-4-2-3-6-14-9/h8-9H,2-7,11H2,1H3/t8-,9?,15?/m0/s1. The average Bonchev–Trinajstić information content (AvgIpc) is 2.26. The quantitative estimate of drug-likeness (QED) is 0.737. The number of ether oxygens (including phenoxy) is 1. The van der Waals surface area contributed by atoms with Crippen LogP contribution in [0.1, 0.15) is 25.7 Å². The number of ketones is 1. The first-order valence-corrected chi connectivity index (χ1v) is 7.05.